The van der Waals surface area contributed by atoms with Crippen molar-refractivity contribution in [2.75, 3.05) is 12.3 Å². The van der Waals surface area contributed by atoms with E-state index in [9.17, 15) is 9.90 Å². The third kappa shape index (κ3) is 3.49. The monoisotopic (exact) mass is 258 g/mol. The lowest BCUT2D eigenvalue weighted by molar-refractivity contribution is 0.0915. The molecule has 2 rings (SSSR count). The molecule has 0 spiro atoms. The zero-order valence-corrected chi connectivity index (χ0v) is 10.2. The number of carbonyl (C=O) groups is 1. The van der Waals surface area contributed by atoms with Crippen LogP contribution in [0.1, 0.15) is 22.0 Å². The van der Waals surface area contributed by atoms with E-state index in [4.69, 9.17) is 5.73 Å². The molecule has 1 atom stereocenters. The summed E-state index contributed by atoms with van der Waals surface area (Å²) in [5.41, 5.74) is 7.29. The molecule has 2 aromatic rings. The molecule has 1 amide bonds. The van der Waals surface area contributed by atoms with Gasteiger partial charge in [-0.1, -0.05) is 12.1 Å². The number of nitrogens with one attached hydrogen (secondary N) is 1. The van der Waals surface area contributed by atoms with Gasteiger partial charge in [0.25, 0.3) is 5.91 Å². The van der Waals surface area contributed by atoms with Crippen molar-refractivity contribution in [1.82, 2.24) is 15.5 Å². The van der Waals surface area contributed by atoms with Crippen molar-refractivity contribution in [1.29, 1.82) is 0 Å². The summed E-state index contributed by atoms with van der Waals surface area (Å²) in [6.45, 7) is 0.116. The lowest BCUT2D eigenvalue weighted by Gasteiger charge is -2.12. The lowest BCUT2D eigenvalue weighted by atomic mass is 10.1. The summed E-state index contributed by atoms with van der Waals surface area (Å²) >= 11 is 0. The first-order valence-electron chi connectivity index (χ1n) is 5.75. The van der Waals surface area contributed by atoms with Gasteiger partial charge in [-0.25, -0.2) is 0 Å². The fourth-order valence-electron chi connectivity index (χ4n) is 1.55. The van der Waals surface area contributed by atoms with Gasteiger partial charge in [-0.2, -0.15) is 10.2 Å². The van der Waals surface area contributed by atoms with Gasteiger partial charge in [0.05, 0.1) is 24.1 Å². The van der Waals surface area contributed by atoms with Gasteiger partial charge in [0.1, 0.15) is 0 Å². The molecule has 0 fully saturated rings. The summed E-state index contributed by atoms with van der Waals surface area (Å²) in [5, 5.41) is 19.7. The topological polar surface area (TPSA) is 101 Å². The molecule has 1 unspecified atom stereocenters. The summed E-state index contributed by atoms with van der Waals surface area (Å²) in [5.74, 6) is -0.301. The summed E-state index contributed by atoms with van der Waals surface area (Å²) < 4.78 is 0. The molecule has 0 aliphatic rings. The zero-order chi connectivity index (χ0) is 13.7. The quantitative estimate of drug-likeness (QED) is 0.694. The number of nitrogens with zero attached hydrogens (tertiary/aromatic N) is 2. The molecular weight excluding hydrogens is 244 g/mol. The summed E-state index contributed by atoms with van der Waals surface area (Å²) in [6, 6.07) is 8.40. The molecular formula is C13H14N4O2. The van der Waals surface area contributed by atoms with E-state index in [2.05, 4.69) is 15.5 Å². The molecule has 19 heavy (non-hydrogen) atoms. The number of aromatic nitrogens is 2. The van der Waals surface area contributed by atoms with Crippen LogP contribution in [0.15, 0.2) is 42.7 Å². The molecule has 0 aliphatic carbocycles. The fourth-order valence-corrected chi connectivity index (χ4v) is 1.55. The first-order valence-corrected chi connectivity index (χ1v) is 5.75. The predicted octanol–water partition coefficient (Wildman–Crippen LogP) is 0.522. The van der Waals surface area contributed by atoms with Crippen molar-refractivity contribution in [3.63, 3.8) is 0 Å². The molecule has 98 valence electrons. The van der Waals surface area contributed by atoms with Crippen LogP contribution in [0.2, 0.25) is 0 Å². The third-order valence-corrected chi connectivity index (χ3v) is 2.62. The van der Waals surface area contributed by atoms with Crippen LogP contribution in [-0.2, 0) is 0 Å². The van der Waals surface area contributed by atoms with Crippen LogP contribution in [-0.4, -0.2) is 27.8 Å². The molecule has 6 nitrogen and oxygen atoms in total. The SMILES string of the molecule is Nc1ccc(C(O)CNC(=O)c2ccnnc2)cc1. The second kappa shape index (κ2) is 5.92. The standard InChI is InChI=1S/C13H14N4O2/c14-11-3-1-9(2-4-11)12(18)8-15-13(19)10-5-6-16-17-7-10/h1-7,12,18H,8,14H2,(H,15,19). The van der Waals surface area contributed by atoms with Crippen molar-refractivity contribution >= 4 is 11.6 Å². The number of aliphatic hydroxyl groups is 1. The number of benzene rings is 1. The van der Waals surface area contributed by atoms with E-state index >= 15 is 0 Å². The fraction of sp³-hybridized carbons (Fsp3) is 0.154. The lowest BCUT2D eigenvalue weighted by Crippen LogP contribution is -2.28. The highest BCUT2D eigenvalue weighted by atomic mass is 16.3. The van der Waals surface area contributed by atoms with Crippen molar-refractivity contribution in [2.45, 2.75) is 6.10 Å². The van der Waals surface area contributed by atoms with E-state index in [1.807, 2.05) is 0 Å². The largest absolute Gasteiger partial charge is 0.399 e. The molecule has 1 aromatic heterocycles. The minimum absolute atomic E-state index is 0.116. The number of hydrogen-bond acceptors (Lipinski definition) is 5. The van der Waals surface area contributed by atoms with E-state index in [-0.39, 0.29) is 12.5 Å². The van der Waals surface area contributed by atoms with E-state index in [1.165, 1.54) is 12.4 Å². The van der Waals surface area contributed by atoms with Gasteiger partial charge >= 0.3 is 0 Å². The van der Waals surface area contributed by atoms with E-state index in [1.54, 1.807) is 30.3 Å². The smallest absolute Gasteiger partial charge is 0.253 e. The van der Waals surface area contributed by atoms with Crippen LogP contribution in [0.3, 0.4) is 0 Å². The number of amides is 1. The molecule has 1 aromatic carbocycles. The highest BCUT2D eigenvalue weighted by molar-refractivity contribution is 5.93. The average molecular weight is 258 g/mol. The van der Waals surface area contributed by atoms with E-state index in [0.29, 0.717) is 16.8 Å². The van der Waals surface area contributed by atoms with Crippen LogP contribution in [0.4, 0.5) is 5.69 Å². The van der Waals surface area contributed by atoms with E-state index in [0.717, 1.165) is 0 Å². The van der Waals surface area contributed by atoms with Crippen LogP contribution in [0.5, 0.6) is 0 Å². The van der Waals surface area contributed by atoms with Crippen LogP contribution >= 0.6 is 0 Å². The van der Waals surface area contributed by atoms with Crippen LogP contribution in [0, 0.1) is 0 Å². The zero-order valence-electron chi connectivity index (χ0n) is 10.2. The van der Waals surface area contributed by atoms with Crippen LogP contribution in [0.25, 0.3) is 0 Å². The average Bonchev–Trinajstić information content (AvgIpc) is 2.46. The predicted molar refractivity (Wildman–Crippen MR) is 70.2 cm³/mol. The Hall–Kier alpha value is -2.47. The Bertz CT molecular complexity index is 542. The van der Waals surface area contributed by atoms with Crippen molar-refractivity contribution in [3.8, 4) is 0 Å². The minimum Gasteiger partial charge on any atom is -0.399 e. The molecule has 0 bridgehead atoms. The van der Waals surface area contributed by atoms with Gasteiger partial charge in [0.2, 0.25) is 0 Å². The molecule has 0 saturated carbocycles. The second-order valence-corrected chi connectivity index (χ2v) is 4.02. The molecule has 0 aliphatic heterocycles. The first-order chi connectivity index (χ1) is 9.16. The highest BCUT2D eigenvalue weighted by Gasteiger charge is 2.10. The summed E-state index contributed by atoms with van der Waals surface area (Å²) in [6.07, 6.45) is 2.02. The van der Waals surface area contributed by atoms with Crippen molar-refractivity contribution < 1.29 is 9.90 Å². The Morgan fingerprint density at radius 2 is 2.00 bits per heavy atom. The summed E-state index contributed by atoms with van der Waals surface area (Å²) in [4.78, 5) is 11.7. The Morgan fingerprint density at radius 1 is 1.26 bits per heavy atom. The normalized spacial score (nSPS) is 11.8. The molecule has 0 radical (unpaired) electrons. The number of carbonyl (C=O) groups excluding carboxylic acids is 1. The maximum atomic E-state index is 11.7. The van der Waals surface area contributed by atoms with Crippen molar-refractivity contribution in [3.05, 3.63) is 53.9 Å². The first kappa shape index (κ1) is 13.0. The van der Waals surface area contributed by atoms with Crippen LogP contribution < -0.4 is 11.1 Å². The minimum atomic E-state index is -0.778. The Morgan fingerprint density at radius 3 is 2.63 bits per heavy atom. The maximum Gasteiger partial charge on any atom is 0.253 e. The number of rotatable bonds is 4. The van der Waals surface area contributed by atoms with E-state index < -0.39 is 6.10 Å². The van der Waals surface area contributed by atoms with Gasteiger partial charge in [-0.05, 0) is 23.8 Å². The Balaban J connectivity index is 1.92. The number of nitrogens with two attached hydrogens (primary N) is 1. The molecule has 6 heteroatoms. The van der Waals surface area contributed by atoms with Gasteiger partial charge in [-0.15, -0.1) is 0 Å². The number of anilines is 1. The maximum absolute atomic E-state index is 11.7. The molecule has 0 saturated heterocycles. The Labute approximate surface area is 110 Å². The van der Waals surface area contributed by atoms with Gasteiger partial charge in [0, 0.05) is 12.2 Å². The van der Waals surface area contributed by atoms with Gasteiger partial charge in [0.15, 0.2) is 0 Å². The third-order valence-electron chi connectivity index (χ3n) is 2.62. The van der Waals surface area contributed by atoms with Crippen molar-refractivity contribution in [2.24, 2.45) is 0 Å². The molecule has 4 N–H and O–H groups in total. The molecule has 1 heterocycles. The summed E-state index contributed by atoms with van der Waals surface area (Å²) in [7, 11) is 0. The van der Waals surface area contributed by atoms with Gasteiger partial charge < -0.3 is 16.2 Å². The Kier molecular flexibility index (Phi) is 4.04. The number of aliphatic hydroxyl groups excluding tert-OH is 1. The second-order valence-electron chi connectivity index (χ2n) is 4.02. The van der Waals surface area contributed by atoms with Gasteiger partial charge in [-0.3, -0.25) is 4.79 Å². The number of hydrogen-bond donors (Lipinski definition) is 3. The highest BCUT2D eigenvalue weighted by Crippen LogP contribution is 2.13. The number of nitrogen functional groups attached to an aromatic ring is 1.